The average molecular weight is 191 g/mol. The summed E-state index contributed by atoms with van der Waals surface area (Å²) in [6.45, 7) is 4.00. The second-order valence-electron chi connectivity index (χ2n) is 4.04. The fourth-order valence-corrected chi connectivity index (χ4v) is 1.83. The average Bonchev–Trinajstić information content (AvgIpc) is 2.96. The van der Waals surface area contributed by atoms with E-state index in [4.69, 9.17) is 0 Å². The Bertz CT molecular complexity index is 284. The van der Waals surface area contributed by atoms with Crippen molar-refractivity contribution in [1.82, 2.24) is 4.90 Å². The summed E-state index contributed by atoms with van der Waals surface area (Å²) in [7, 11) is 0. The van der Waals surface area contributed by atoms with E-state index >= 15 is 0 Å². The summed E-state index contributed by atoms with van der Waals surface area (Å²) in [4.78, 5) is 2.32. The Balaban J connectivity index is 1.75. The molecule has 0 bridgehead atoms. The minimum absolute atomic E-state index is 0.175. The van der Waals surface area contributed by atoms with Crippen molar-refractivity contribution in [3.63, 3.8) is 0 Å². The quantitative estimate of drug-likeness (QED) is 0.725. The van der Waals surface area contributed by atoms with Gasteiger partial charge in [0.05, 0.1) is 6.10 Å². The molecule has 76 valence electrons. The maximum atomic E-state index is 9.32. The third-order valence-electron chi connectivity index (χ3n) is 2.84. The minimum atomic E-state index is -0.175. The molecule has 1 fully saturated rings. The highest BCUT2D eigenvalue weighted by molar-refractivity contribution is 5.15. The van der Waals surface area contributed by atoms with Gasteiger partial charge < -0.3 is 5.11 Å². The van der Waals surface area contributed by atoms with Gasteiger partial charge in [-0.3, -0.25) is 4.90 Å². The van der Waals surface area contributed by atoms with Gasteiger partial charge in [-0.1, -0.05) is 30.3 Å². The van der Waals surface area contributed by atoms with Crippen LogP contribution in [0.5, 0.6) is 0 Å². The number of aliphatic hydroxyl groups excluding tert-OH is 1. The Kier molecular flexibility index (Phi) is 2.85. The Labute approximate surface area is 85.2 Å². The number of hydrogen-bond donors (Lipinski definition) is 1. The zero-order valence-corrected chi connectivity index (χ0v) is 8.56. The van der Waals surface area contributed by atoms with Gasteiger partial charge in [-0.25, -0.2) is 0 Å². The molecular formula is C12H17NO. The second kappa shape index (κ2) is 4.11. The van der Waals surface area contributed by atoms with Crippen molar-refractivity contribution in [2.75, 3.05) is 13.1 Å². The zero-order chi connectivity index (χ0) is 9.97. The number of aliphatic hydroxyl groups is 1. The Morgan fingerprint density at radius 3 is 2.71 bits per heavy atom. The maximum absolute atomic E-state index is 9.32. The molecule has 14 heavy (non-hydrogen) atoms. The van der Waals surface area contributed by atoms with Crippen LogP contribution in [0.15, 0.2) is 30.3 Å². The van der Waals surface area contributed by atoms with Gasteiger partial charge in [0.1, 0.15) is 0 Å². The molecule has 0 amide bonds. The van der Waals surface area contributed by atoms with Crippen LogP contribution in [0.4, 0.5) is 0 Å². The van der Waals surface area contributed by atoms with Gasteiger partial charge in [-0.15, -0.1) is 0 Å². The molecule has 1 N–H and O–H groups in total. The molecule has 1 aromatic rings. The molecule has 0 aromatic heterocycles. The molecule has 0 radical (unpaired) electrons. The summed E-state index contributed by atoms with van der Waals surface area (Å²) in [5.74, 6) is 0. The van der Waals surface area contributed by atoms with Crippen LogP contribution in [0.2, 0.25) is 0 Å². The number of benzene rings is 1. The summed E-state index contributed by atoms with van der Waals surface area (Å²) < 4.78 is 0. The molecule has 1 saturated heterocycles. The van der Waals surface area contributed by atoms with E-state index in [1.54, 1.807) is 0 Å². The molecule has 0 aliphatic carbocycles. The fraction of sp³-hybridized carbons (Fsp3) is 0.500. The van der Waals surface area contributed by atoms with E-state index in [1.807, 2.05) is 13.0 Å². The lowest BCUT2D eigenvalue weighted by Gasteiger charge is -2.05. The summed E-state index contributed by atoms with van der Waals surface area (Å²) in [6, 6.07) is 10.9. The predicted molar refractivity (Wildman–Crippen MR) is 57.2 cm³/mol. The first-order valence-corrected chi connectivity index (χ1v) is 5.23. The van der Waals surface area contributed by atoms with Crippen molar-refractivity contribution in [3.8, 4) is 0 Å². The van der Waals surface area contributed by atoms with Crippen molar-refractivity contribution in [2.45, 2.75) is 25.5 Å². The molecule has 1 unspecified atom stereocenters. The van der Waals surface area contributed by atoms with E-state index in [0.29, 0.717) is 6.04 Å². The fourth-order valence-electron chi connectivity index (χ4n) is 1.83. The van der Waals surface area contributed by atoms with Crippen LogP contribution in [0.3, 0.4) is 0 Å². The van der Waals surface area contributed by atoms with Gasteiger partial charge in [0, 0.05) is 19.1 Å². The normalized spacial score (nSPS) is 27.3. The molecule has 1 aromatic carbocycles. The molecule has 2 nitrogen and oxygen atoms in total. The number of hydrogen-bond acceptors (Lipinski definition) is 2. The smallest absolute Gasteiger partial charge is 0.0679 e. The maximum Gasteiger partial charge on any atom is 0.0679 e. The Hall–Kier alpha value is -0.860. The van der Waals surface area contributed by atoms with Crippen LogP contribution in [0, 0.1) is 0 Å². The molecule has 2 heteroatoms. The summed E-state index contributed by atoms with van der Waals surface area (Å²) in [6.07, 6.45) is 0.912. The molecule has 2 rings (SSSR count). The first kappa shape index (κ1) is 9.69. The van der Waals surface area contributed by atoms with Crippen molar-refractivity contribution in [3.05, 3.63) is 35.9 Å². The van der Waals surface area contributed by atoms with Gasteiger partial charge >= 0.3 is 0 Å². The van der Waals surface area contributed by atoms with Crippen molar-refractivity contribution in [2.24, 2.45) is 0 Å². The van der Waals surface area contributed by atoms with Crippen LogP contribution < -0.4 is 0 Å². The first-order chi connectivity index (χ1) is 6.77. The SMILES string of the molecule is C[C@@H](O)[C@H]1CN1CCc1ccccc1. The van der Waals surface area contributed by atoms with Gasteiger partial charge in [0.25, 0.3) is 0 Å². The van der Waals surface area contributed by atoms with E-state index in [2.05, 4.69) is 29.2 Å². The van der Waals surface area contributed by atoms with Gasteiger partial charge in [0.15, 0.2) is 0 Å². The Morgan fingerprint density at radius 1 is 1.43 bits per heavy atom. The van der Waals surface area contributed by atoms with E-state index in [9.17, 15) is 5.11 Å². The van der Waals surface area contributed by atoms with Gasteiger partial charge in [-0.2, -0.15) is 0 Å². The van der Waals surface area contributed by atoms with E-state index in [1.165, 1.54) is 5.56 Å². The second-order valence-corrected chi connectivity index (χ2v) is 4.04. The molecule has 1 heterocycles. The largest absolute Gasteiger partial charge is 0.392 e. The third-order valence-corrected chi connectivity index (χ3v) is 2.84. The molecule has 1 aliphatic heterocycles. The van der Waals surface area contributed by atoms with Crippen LogP contribution in [0.25, 0.3) is 0 Å². The topological polar surface area (TPSA) is 23.2 Å². The highest BCUT2D eigenvalue weighted by atomic mass is 16.3. The van der Waals surface area contributed by atoms with Gasteiger partial charge in [0.2, 0.25) is 0 Å². The third kappa shape index (κ3) is 2.34. The molecule has 3 atom stereocenters. The lowest BCUT2D eigenvalue weighted by atomic mass is 10.1. The Morgan fingerprint density at radius 2 is 2.14 bits per heavy atom. The van der Waals surface area contributed by atoms with Crippen LogP contribution in [-0.2, 0) is 6.42 Å². The zero-order valence-electron chi connectivity index (χ0n) is 8.56. The lowest BCUT2D eigenvalue weighted by Crippen LogP contribution is -2.16. The molecule has 0 spiro atoms. The van der Waals surface area contributed by atoms with Gasteiger partial charge in [-0.05, 0) is 18.9 Å². The highest BCUT2D eigenvalue weighted by Gasteiger charge is 2.36. The van der Waals surface area contributed by atoms with Crippen molar-refractivity contribution in [1.29, 1.82) is 0 Å². The molecule has 0 saturated carbocycles. The lowest BCUT2D eigenvalue weighted by molar-refractivity contribution is 0.175. The summed E-state index contributed by atoms with van der Waals surface area (Å²) in [5, 5.41) is 9.32. The van der Waals surface area contributed by atoms with Crippen LogP contribution >= 0.6 is 0 Å². The summed E-state index contributed by atoms with van der Waals surface area (Å²) in [5.41, 5.74) is 1.38. The van der Waals surface area contributed by atoms with Crippen LogP contribution in [-0.4, -0.2) is 35.2 Å². The minimum Gasteiger partial charge on any atom is -0.392 e. The summed E-state index contributed by atoms with van der Waals surface area (Å²) >= 11 is 0. The van der Waals surface area contributed by atoms with E-state index in [0.717, 1.165) is 19.5 Å². The number of nitrogens with zero attached hydrogens (tertiary/aromatic N) is 1. The monoisotopic (exact) mass is 191 g/mol. The van der Waals surface area contributed by atoms with E-state index < -0.39 is 0 Å². The van der Waals surface area contributed by atoms with Crippen molar-refractivity contribution < 1.29 is 5.11 Å². The highest BCUT2D eigenvalue weighted by Crippen LogP contribution is 2.20. The standard InChI is InChI=1S/C12H17NO/c1-10(14)12-9-13(12)8-7-11-5-3-2-4-6-11/h2-6,10,12,14H,7-9H2,1H3/t10-,12-,13?/m1/s1. The predicted octanol–water partition coefficient (Wildman–Crippen LogP) is 1.29. The first-order valence-electron chi connectivity index (χ1n) is 5.23. The molecular weight excluding hydrogens is 174 g/mol. The van der Waals surface area contributed by atoms with E-state index in [-0.39, 0.29) is 6.10 Å². The van der Waals surface area contributed by atoms with Crippen LogP contribution in [0.1, 0.15) is 12.5 Å². The van der Waals surface area contributed by atoms with Crippen molar-refractivity contribution >= 4 is 0 Å². The number of rotatable bonds is 4. The molecule has 1 aliphatic rings.